The summed E-state index contributed by atoms with van der Waals surface area (Å²) in [6.07, 6.45) is 2.53. The fraction of sp³-hybridized carbons (Fsp3) is 0.462. The van der Waals surface area contributed by atoms with Crippen LogP contribution in [-0.4, -0.2) is 24.0 Å². The van der Waals surface area contributed by atoms with Crippen LogP contribution in [0.25, 0.3) is 0 Å². The van der Waals surface area contributed by atoms with Crippen LogP contribution in [-0.2, 0) is 11.3 Å². The van der Waals surface area contributed by atoms with Crippen molar-refractivity contribution in [3.8, 4) is 0 Å². The Labute approximate surface area is 111 Å². The van der Waals surface area contributed by atoms with E-state index in [0.29, 0.717) is 23.7 Å². The molecular formula is C13H16ClFN2O. The minimum absolute atomic E-state index is 0.299. The van der Waals surface area contributed by atoms with E-state index in [9.17, 15) is 4.39 Å². The van der Waals surface area contributed by atoms with E-state index in [0.717, 1.165) is 25.2 Å². The van der Waals surface area contributed by atoms with Crippen LogP contribution in [0, 0.1) is 5.82 Å². The average Bonchev–Trinajstić information content (AvgIpc) is 2.79. The van der Waals surface area contributed by atoms with Crippen molar-refractivity contribution in [2.24, 2.45) is 5.16 Å². The molecule has 1 aliphatic rings. The Kier molecular flexibility index (Phi) is 4.42. The first kappa shape index (κ1) is 13.1. The summed E-state index contributed by atoms with van der Waals surface area (Å²) in [6, 6.07) is 4.70. The maximum Gasteiger partial charge on any atom is 0.190 e. The maximum absolute atomic E-state index is 13.7. The first-order valence-electron chi connectivity index (χ1n) is 6.09. The van der Waals surface area contributed by atoms with Crippen LogP contribution in [0.4, 0.5) is 4.39 Å². The van der Waals surface area contributed by atoms with E-state index in [1.807, 2.05) is 4.90 Å². The van der Waals surface area contributed by atoms with E-state index in [1.54, 1.807) is 12.1 Å². The van der Waals surface area contributed by atoms with E-state index in [1.165, 1.54) is 6.07 Å². The second-order valence-corrected chi connectivity index (χ2v) is 4.67. The lowest BCUT2D eigenvalue weighted by molar-refractivity contribution is 0.109. The third-order valence-electron chi connectivity index (χ3n) is 2.93. The van der Waals surface area contributed by atoms with Gasteiger partial charge in [0.1, 0.15) is 5.82 Å². The SMILES string of the molecule is CCCCN1CON=C1Cc1c(F)cccc1Cl. The van der Waals surface area contributed by atoms with Crippen LogP contribution in [0.15, 0.2) is 23.4 Å². The van der Waals surface area contributed by atoms with Gasteiger partial charge in [0.05, 0.1) is 0 Å². The highest BCUT2D eigenvalue weighted by Gasteiger charge is 2.20. The topological polar surface area (TPSA) is 24.8 Å². The Morgan fingerprint density at radius 3 is 3.06 bits per heavy atom. The normalized spacial score (nSPS) is 14.6. The minimum atomic E-state index is -0.299. The van der Waals surface area contributed by atoms with E-state index in [2.05, 4.69) is 12.1 Å². The minimum Gasteiger partial charge on any atom is -0.372 e. The van der Waals surface area contributed by atoms with Crippen molar-refractivity contribution in [3.63, 3.8) is 0 Å². The standard InChI is InChI=1S/C13H16ClFN2O/c1-2-3-7-17-9-18-16-13(17)8-10-11(14)5-4-6-12(10)15/h4-6H,2-3,7-9H2,1H3. The zero-order chi connectivity index (χ0) is 13.0. The third kappa shape index (κ3) is 2.93. The number of benzene rings is 1. The van der Waals surface area contributed by atoms with Gasteiger partial charge in [0.15, 0.2) is 12.6 Å². The van der Waals surface area contributed by atoms with Crippen LogP contribution < -0.4 is 0 Å². The lowest BCUT2D eigenvalue weighted by atomic mass is 10.1. The van der Waals surface area contributed by atoms with Crippen molar-refractivity contribution in [1.82, 2.24) is 4.90 Å². The van der Waals surface area contributed by atoms with Crippen molar-refractivity contribution in [1.29, 1.82) is 0 Å². The third-order valence-corrected chi connectivity index (χ3v) is 3.28. The van der Waals surface area contributed by atoms with Gasteiger partial charge in [0, 0.05) is 23.6 Å². The number of hydrogen-bond acceptors (Lipinski definition) is 3. The summed E-state index contributed by atoms with van der Waals surface area (Å²) in [5.41, 5.74) is 0.477. The van der Waals surface area contributed by atoms with Crippen molar-refractivity contribution in [2.45, 2.75) is 26.2 Å². The van der Waals surface area contributed by atoms with E-state index in [4.69, 9.17) is 16.4 Å². The first-order valence-corrected chi connectivity index (χ1v) is 6.47. The van der Waals surface area contributed by atoms with Crippen LogP contribution in [0.2, 0.25) is 5.02 Å². The van der Waals surface area contributed by atoms with Crippen LogP contribution in [0.1, 0.15) is 25.3 Å². The number of unbranched alkanes of at least 4 members (excludes halogenated alkanes) is 1. The summed E-state index contributed by atoms with van der Waals surface area (Å²) >= 11 is 6.01. The van der Waals surface area contributed by atoms with Gasteiger partial charge in [-0.3, -0.25) is 0 Å². The Morgan fingerprint density at radius 2 is 2.33 bits per heavy atom. The first-order chi connectivity index (χ1) is 8.72. The number of amidine groups is 1. The largest absolute Gasteiger partial charge is 0.372 e. The second kappa shape index (κ2) is 6.05. The second-order valence-electron chi connectivity index (χ2n) is 4.26. The van der Waals surface area contributed by atoms with Crippen LogP contribution in [0.5, 0.6) is 0 Å². The summed E-state index contributed by atoms with van der Waals surface area (Å²) in [4.78, 5) is 7.09. The lowest BCUT2D eigenvalue weighted by Gasteiger charge is -2.17. The molecule has 0 bridgehead atoms. The van der Waals surface area contributed by atoms with Gasteiger partial charge in [-0.05, 0) is 18.6 Å². The summed E-state index contributed by atoms with van der Waals surface area (Å²) in [5, 5.41) is 4.40. The molecule has 1 aromatic carbocycles. The molecule has 3 nitrogen and oxygen atoms in total. The van der Waals surface area contributed by atoms with Gasteiger partial charge in [0.2, 0.25) is 0 Å². The Balaban J connectivity index is 2.08. The summed E-state index contributed by atoms with van der Waals surface area (Å²) < 4.78 is 13.7. The summed E-state index contributed by atoms with van der Waals surface area (Å²) in [5.74, 6) is 0.447. The molecule has 5 heteroatoms. The molecule has 0 radical (unpaired) electrons. The fourth-order valence-electron chi connectivity index (χ4n) is 1.85. The molecule has 0 unspecified atom stereocenters. The molecule has 0 amide bonds. The summed E-state index contributed by atoms with van der Waals surface area (Å²) in [7, 11) is 0. The highest BCUT2D eigenvalue weighted by atomic mass is 35.5. The molecule has 98 valence electrons. The van der Waals surface area contributed by atoms with E-state index in [-0.39, 0.29) is 5.82 Å². The number of halogens is 2. The highest BCUT2D eigenvalue weighted by molar-refractivity contribution is 6.31. The molecule has 1 heterocycles. The highest BCUT2D eigenvalue weighted by Crippen LogP contribution is 2.21. The molecule has 0 saturated carbocycles. The van der Waals surface area contributed by atoms with Gasteiger partial charge in [-0.25, -0.2) is 4.39 Å². The Hall–Kier alpha value is -1.29. The molecule has 0 atom stereocenters. The molecule has 0 N–H and O–H groups in total. The number of hydrogen-bond donors (Lipinski definition) is 0. The Bertz CT molecular complexity index is 430. The smallest absolute Gasteiger partial charge is 0.190 e. The van der Waals surface area contributed by atoms with Gasteiger partial charge >= 0.3 is 0 Å². The molecule has 0 fully saturated rings. The number of rotatable bonds is 5. The zero-order valence-corrected chi connectivity index (χ0v) is 11.1. The molecule has 18 heavy (non-hydrogen) atoms. The van der Waals surface area contributed by atoms with Crippen LogP contribution >= 0.6 is 11.6 Å². The molecule has 0 aliphatic carbocycles. The number of nitrogens with zero attached hydrogens (tertiary/aromatic N) is 2. The van der Waals surface area contributed by atoms with Crippen molar-refractivity contribution in [2.75, 3.05) is 13.3 Å². The van der Waals surface area contributed by atoms with E-state index >= 15 is 0 Å². The molecule has 0 aromatic heterocycles. The molecule has 0 saturated heterocycles. The van der Waals surface area contributed by atoms with Gasteiger partial charge in [0.25, 0.3) is 0 Å². The maximum atomic E-state index is 13.7. The predicted molar refractivity (Wildman–Crippen MR) is 70.1 cm³/mol. The predicted octanol–water partition coefficient (Wildman–Crippen LogP) is 3.42. The molecule has 1 aromatic rings. The van der Waals surface area contributed by atoms with Gasteiger partial charge in [-0.15, -0.1) is 0 Å². The monoisotopic (exact) mass is 270 g/mol. The van der Waals surface area contributed by atoms with Crippen LogP contribution in [0.3, 0.4) is 0 Å². The fourth-order valence-corrected chi connectivity index (χ4v) is 2.08. The van der Waals surface area contributed by atoms with Crippen molar-refractivity contribution in [3.05, 3.63) is 34.6 Å². The zero-order valence-electron chi connectivity index (χ0n) is 10.3. The van der Waals surface area contributed by atoms with Crippen molar-refractivity contribution < 1.29 is 9.23 Å². The molecular weight excluding hydrogens is 255 g/mol. The number of oxime groups is 1. The van der Waals surface area contributed by atoms with Gasteiger partial charge in [-0.2, -0.15) is 0 Å². The van der Waals surface area contributed by atoms with E-state index < -0.39 is 0 Å². The van der Waals surface area contributed by atoms with Gasteiger partial charge in [-0.1, -0.05) is 36.2 Å². The van der Waals surface area contributed by atoms with Crippen molar-refractivity contribution >= 4 is 17.4 Å². The molecule has 2 rings (SSSR count). The summed E-state index contributed by atoms with van der Waals surface area (Å²) in [6.45, 7) is 3.45. The Morgan fingerprint density at radius 1 is 1.50 bits per heavy atom. The lowest BCUT2D eigenvalue weighted by Crippen LogP contribution is -2.30. The quantitative estimate of drug-likeness (QED) is 0.819. The molecule has 0 spiro atoms. The van der Waals surface area contributed by atoms with Gasteiger partial charge < -0.3 is 9.74 Å². The average molecular weight is 271 g/mol. The molecule has 1 aliphatic heterocycles.